The Morgan fingerprint density at radius 2 is 1.40 bits per heavy atom. The van der Waals surface area contributed by atoms with E-state index in [-0.39, 0.29) is 17.5 Å². The SMILES string of the molecule is C[C@H]1O[C@@H]2CC(=O)O[C@@H]2c2c1c(O)c1c(O)c(-c3cc(=O)c4c(=O)c5c(c(=O)c=4c3=O)[C@@H](C)O[C@H](CC(=O)O)C5O)cc(O)c1c2O. The quantitative estimate of drug-likeness (QED) is 0.133. The van der Waals surface area contributed by atoms with Crippen molar-refractivity contribution in [3.63, 3.8) is 0 Å². The van der Waals surface area contributed by atoms with Crippen LogP contribution in [-0.2, 0) is 23.8 Å². The van der Waals surface area contributed by atoms with Crippen LogP contribution in [0.25, 0.3) is 21.9 Å². The van der Waals surface area contributed by atoms with Crippen molar-refractivity contribution in [2.24, 2.45) is 0 Å². The number of carbonyl (C=O) groups excluding carboxylic acids is 1. The van der Waals surface area contributed by atoms with Gasteiger partial charge in [-0.1, -0.05) is 0 Å². The molecule has 1 fully saturated rings. The number of aliphatic carboxylic acids is 1. The second-order valence-corrected chi connectivity index (χ2v) is 11.8. The van der Waals surface area contributed by atoms with Crippen molar-refractivity contribution >= 4 is 22.7 Å². The number of aromatic hydroxyl groups is 4. The fourth-order valence-electron chi connectivity index (χ4n) is 7.21. The molecule has 7 rings (SSSR count). The van der Waals surface area contributed by atoms with Crippen molar-refractivity contribution in [2.75, 3.05) is 0 Å². The highest BCUT2D eigenvalue weighted by Gasteiger charge is 2.47. The number of phenolic OH excluding ortho intramolecular Hbond substituents is 4. The van der Waals surface area contributed by atoms with E-state index < -0.39 is 143 Å². The summed E-state index contributed by atoms with van der Waals surface area (Å²) in [6.07, 6.45) is -8.29. The largest absolute Gasteiger partial charge is 0.507 e. The normalized spacial score (nSPS) is 25.0. The second kappa shape index (κ2) is 10.1. The third kappa shape index (κ3) is 4.03. The Hall–Kier alpha value is -5.38. The lowest BCUT2D eigenvalue weighted by Crippen LogP contribution is -2.42. The first-order chi connectivity index (χ1) is 22.1. The summed E-state index contributed by atoms with van der Waals surface area (Å²) >= 11 is 0. The van der Waals surface area contributed by atoms with Crippen LogP contribution < -0.4 is 21.7 Å². The summed E-state index contributed by atoms with van der Waals surface area (Å²) in [7, 11) is 0. The van der Waals surface area contributed by atoms with E-state index in [1.165, 1.54) is 13.8 Å². The molecule has 0 bridgehead atoms. The number of ether oxygens (including phenoxy) is 3. The molecule has 3 heterocycles. The lowest BCUT2D eigenvalue weighted by Gasteiger charge is -2.33. The maximum atomic E-state index is 13.9. The van der Waals surface area contributed by atoms with Crippen LogP contribution in [-0.4, -0.2) is 54.8 Å². The maximum absolute atomic E-state index is 13.9. The second-order valence-electron chi connectivity index (χ2n) is 11.8. The van der Waals surface area contributed by atoms with Gasteiger partial charge in [-0.05, 0) is 26.0 Å². The van der Waals surface area contributed by atoms with E-state index in [0.29, 0.717) is 6.07 Å². The number of hydrogen-bond donors (Lipinski definition) is 6. The fraction of sp³-hybridized carbons (Fsp3) is 0.312. The van der Waals surface area contributed by atoms with Crippen LogP contribution in [0.15, 0.2) is 31.3 Å². The van der Waals surface area contributed by atoms with Gasteiger partial charge in [0.1, 0.15) is 35.2 Å². The molecule has 15 nitrogen and oxygen atoms in total. The summed E-state index contributed by atoms with van der Waals surface area (Å²) in [5.41, 5.74) is -6.97. The predicted molar refractivity (Wildman–Crippen MR) is 156 cm³/mol. The number of benzene rings is 2. The van der Waals surface area contributed by atoms with Crippen LogP contribution in [0.3, 0.4) is 0 Å². The number of fused-ring (bicyclic) bond motifs is 5. The van der Waals surface area contributed by atoms with Gasteiger partial charge in [0, 0.05) is 33.4 Å². The van der Waals surface area contributed by atoms with Crippen LogP contribution in [0.5, 0.6) is 23.0 Å². The van der Waals surface area contributed by atoms with Crippen molar-refractivity contribution in [3.05, 3.63) is 85.7 Å². The Morgan fingerprint density at radius 3 is 2.09 bits per heavy atom. The number of aliphatic hydroxyl groups excluding tert-OH is 1. The highest BCUT2D eigenvalue weighted by molar-refractivity contribution is 6.07. The Bertz CT molecular complexity index is 2390. The maximum Gasteiger partial charge on any atom is 0.309 e. The highest BCUT2D eigenvalue weighted by Crippen LogP contribution is 2.57. The minimum atomic E-state index is -1.89. The Morgan fingerprint density at radius 1 is 0.766 bits per heavy atom. The van der Waals surface area contributed by atoms with E-state index in [0.717, 1.165) is 6.07 Å². The first kappa shape index (κ1) is 30.3. The molecule has 1 unspecified atom stereocenters. The summed E-state index contributed by atoms with van der Waals surface area (Å²) in [6, 6.07) is 1.46. The molecule has 2 aromatic rings. The topological polar surface area (TPSA) is 251 Å². The average molecular weight is 649 g/mol. The van der Waals surface area contributed by atoms with E-state index in [9.17, 15) is 59.4 Å². The van der Waals surface area contributed by atoms with Crippen LogP contribution >= 0.6 is 0 Å². The predicted octanol–water partition coefficient (Wildman–Crippen LogP) is 0.786. The van der Waals surface area contributed by atoms with Crippen LogP contribution in [0, 0.1) is 10.4 Å². The zero-order valence-corrected chi connectivity index (χ0v) is 24.4. The Labute approximate surface area is 260 Å². The number of carbonyl (C=O) groups is 2. The lowest BCUT2D eigenvalue weighted by molar-refractivity contribution is -0.148. The van der Waals surface area contributed by atoms with Gasteiger partial charge >= 0.3 is 11.9 Å². The van der Waals surface area contributed by atoms with E-state index >= 15 is 0 Å². The molecule has 0 radical (unpaired) electrons. The van der Waals surface area contributed by atoms with Gasteiger partial charge in [0.2, 0.25) is 0 Å². The molecule has 0 saturated carbocycles. The van der Waals surface area contributed by atoms with Gasteiger partial charge in [-0.3, -0.25) is 28.8 Å². The summed E-state index contributed by atoms with van der Waals surface area (Å²) in [6.45, 7) is 2.82. The smallest absolute Gasteiger partial charge is 0.309 e. The van der Waals surface area contributed by atoms with Crippen molar-refractivity contribution in [3.8, 4) is 34.1 Å². The van der Waals surface area contributed by atoms with E-state index in [1.807, 2.05) is 0 Å². The van der Waals surface area contributed by atoms with Gasteiger partial charge in [0.15, 0.2) is 27.8 Å². The summed E-state index contributed by atoms with van der Waals surface area (Å²) in [5.74, 6) is -4.98. The minimum Gasteiger partial charge on any atom is -0.507 e. The van der Waals surface area contributed by atoms with Gasteiger partial charge in [-0.2, -0.15) is 0 Å². The van der Waals surface area contributed by atoms with E-state index in [4.69, 9.17) is 14.2 Å². The fourth-order valence-corrected chi connectivity index (χ4v) is 7.21. The number of carboxylic acids is 1. The van der Waals surface area contributed by atoms with E-state index in [1.54, 1.807) is 0 Å². The van der Waals surface area contributed by atoms with Gasteiger partial charge in [-0.15, -0.1) is 0 Å². The lowest BCUT2D eigenvalue weighted by atomic mass is 9.85. The molecule has 5 aliphatic rings. The molecule has 6 N–H and O–H groups in total. The summed E-state index contributed by atoms with van der Waals surface area (Å²) < 4.78 is 16.6. The van der Waals surface area contributed by atoms with Crippen LogP contribution in [0.4, 0.5) is 0 Å². The van der Waals surface area contributed by atoms with Gasteiger partial charge < -0.3 is 44.8 Å². The number of aliphatic hydroxyl groups is 1. The molecule has 1 saturated heterocycles. The number of esters is 1. The number of carboxylic acid groups (broad SMARTS) is 1. The highest BCUT2D eigenvalue weighted by atomic mass is 16.6. The molecular weight excluding hydrogens is 624 g/mol. The summed E-state index contributed by atoms with van der Waals surface area (Å²) in [5, 5.41) is 62.4. The molecule has 0 amide bonds. The Balaban J connectivity index is 1.51. The number of rotatable bonds is 3. The molecule has 47 heavy (non-hydrogen) atoms. The van der Waals surface area contributed by atoms with Crippen molar-refractivity contribution in [1.82, 2.24) is 0 Å². The number of phenols is 4. The molecular formula is C32H24O15. The van der Waals surface area contributed by atoms with Crippen molar-refractivity contribution in [1.29, 1.82) is 0 Å². The molecule has 6 atom stereocenters. The van der Waals surface area contributed by atoms with Gasteiger partial charge in [-0.25, -0.2) is 0 Å². The standard InChI is InChI=1S/C32H24O15/c1-7-17-21(27(40)13(45-7)5-15(35)36)30(43)19-11(33)3-9(25(38)22(19)28(17)41)10-4-12(34)20-23(26(10)39)29(42)18-8(2)46-14-6-16(37)47-32(14)24(18)31(20)44/h3-4,7-8,13-14,27,32,34,39-40,42,44H,5-6H2,1-2H3,(H,35,36)/t7-,8-,13-,14-,27?,32+/m1/s1. The monoisotopic (exact) mass is 648 g/mol. The first-order valence-corrected chi connectivity index (χ1v) is 14.4. The zero-order chi connectivity index (χ0) is 34.0. The first-order valence-electron chi connectivity index (χ1n) is 14.4. The van der Waals surface area contributed by atoms with Gasteiger partial charge in [0.05, 0.1) is 52.4 Å². The minimum absolute atomic E-state index is 0.0445. The third-order valence-electron chi connectivity index (χ3n) is 9.16. The molecule has 2 aliphatic carbocycles. The molecule has 242 valence electrons. The molecule has 0 aromatic heterocycles. The van der Waals surface area contributed by atoms with Crippen molar-refractivity contribution < 1.29 is 54.4 Å². The molecule has 2 aromatic carbocycles. The average Bonchev–Trinajstić information content (AvgIpc) is 3.36. The Kier molecular flexibility index (Phi) is 6.48. The summed E-state index contributed by atoms with van der Waals surface area (Å²) in [4.78, 5) is 77.8. The number of hydrogen-bond acceptors (Lipinski definition) is 14. The van der Waals surface area contributed by atoms with Crippen molar-refractivity contribution in [2.45, 2.75) is 63.3 Å². The zero-order valence-electron chi connectivity index (χ0n) is 24.4. The molecule has 3 aliphatic heterocycles. The van der Waals surface area contributed by atoms with Crippen LogP contribution in [0.2, 0.25) is 0 Å². The van der Waals surface area contributed by atoms with E-state index in [2.05, 4.69) is 0 Å². The molecule has 15 heteroatoms. The molecule has 0 spiro atoms. The van der Waals surface area contributed by atoms with Gasteiger partial charge in [0.25, 0.3) is 0 Å². The third-order valence-corrected chi connectivity index (χ3v) is 9.16. The van der Waals surface area contributed by atoms with Crippen LogP contribution in [0.1, 0.15) is 73.4 Å².